The minimum atomic E-state index is -1.04. The van der Waals surface area contributed by atoms with Crippen molar-refractivity contribution in [1.82, 2.24) is 10.3 Å². The number of nitrogens with zero attached hydrogens (tertiary/aromatic N) is 1. The summed E-state index contributed by atoms with van der Waals surface area (Å²) in [6.45, 7) is 0.393. The maximum absolute atomic E-state index is 12.0. The molecule has 21 heavy (non-hydrogen) atoms. The summed E-state index contributed by atoms with van der Waals surface area (Å²) in [4.78, 5) is 26.7. The number of hydrogen-bond acceptors (Lipinski definition) is 4. The van der Waals surface area contributed by atoms with Gasteiger partial charge < -0.3 is 10.4 Å². The van der Waals surface area contributed by atoms with E-state index in [1.165, 1.54) is 16.7 Å². The first-order valence-corrected chi connectivity index (χ1v) is 8.35. The average Bonchev–Trinajstić information content (AvgIpc) is 2.90. The molecule has 0 saturated carbocycles. The van der Waals surface area contributed by atoms with Crippen LogP contribution < -0.4 is 5.32 Å². The molecule has 2 rings (SSSR count). The third-order valence-corrected chi connectivity index (χ3v) is 4.66. The Morgan fingerprint density at radius 1 is 1.33 bits per heavy atom. The number of halogens is 2. The molecular weight excluding hydrogens is 424 g/mol. The van der Waals surface area contributed by atoms with E-state index >= 15 is 0 Å². The lowest BCUT2D eigenvalue weighted by atomic mass is 10.2. The van der Waals surface area contributed by atoms with Gasteiger partial charge in [0.15, 0.2) is 5.69 Å². The van der Waals surface area contributed by atoms with Gasteiger partial charge in [0.1, 0.15) is 0 Å². The van der Waals surface area contributed by atoms with Crippen LogP contribution in [-0.4, -0.2) is 28.5 Å². The maximum atomic E-state index is 12.0. The number of aromatic nitrogens is 1. The van der Waals surface area contributed by atoms with Gasteiger partial charge in [-0.05, 0) is 34.1 Å². The molecule has 1 aromatic heterocycles. The first-order chi connectivity index (χ1) is 9.97. The van der Waals surface area contributed by atoms with Crippen molar-refractivity contribution in [2.24, 2.45) is 0 Å². The number of aromatic carboxylic acids is 1. The fourth-order valence-electron chi connectivity index (χ4n) is 1.57. The number of benzene rings is 1. The molecule has 1 heterocycles. The Balaban J connectivity index is 1.92. The summed E-state index contributed by atoms with van der Waals surface area (Å²) in [5.41, 5.74) is 0.575. The highest BCUT2D eigenvalue weighted by molar-refractivity contribution is 9.11. The van der Waals surface area contributed by atoms with E-state index in [0.717, 1.165) is 4.47 Å². The lowest BCUT2D eigenvalue weighted by molar-refractivity contribution is 0.0690. The van der Waals surface area contributed by atoms with Crippen molar-refractivity contribution in [3.8, 4) is 0 Å². The standard InChI is InChI=1S/C13H10Br2N2O3S/c14-7-1-2-9(15)8(5-7)12(18)16-4-3-11-17-10(6-21-11)13(19)20/h1-2,5-6H,3-4H2,(H,16,18)(H,19,20). The second-order valence-corrected chi connectivity index (χ2v) is 6.77. The van der Waals surface area contributed by atoms with Crippen molar-refractivity contribution in [2.45, 2.75) is 6.42 Å². The van der Waals surface area contributed by atoms with Gasteiger partial charge in [0.05, 0.1) is 10.6 Å². The summed E-state index contributed by atoms with van der Waals surface area (Å²) in [6, 6.07) is 5.36. The molecular formula is C13H10Br2N2O3S. The second-order valence-electron chi connectivity index (χ2n) is 4.06. The Labute approximate surface area is 141 Å². The molecule has 0 saturated heterocycles. The van der Waals surface area contributed by atoms with Crippen LogP contribution in [0.4, 0.5) is 0 Å². The number of amides is 1. The van der Waals surface area contributed by atoms with Gasteiger partial charge in [-0.1, -0.05) is 15.9 Å². The molecule has 110 valence electrons. The smallest absolute Gasteiger partial charge is 0.355 e. The van der Waals surface area contributed by atoms with Gasteiger partial charge in [-0.15, -0.1) is 11.3 Å². The van der Waals surface area contributed by atoms with E-state index in [9.17, 15) is 9.59 Å². The first-order valence-electron chi connectivity index (χ1n) is 5.88. The molecule has 0 fully saturated rings. The van der Waals surface area contributed by atoms with Gasteiger partial charge in [-0.2, -0.15) is 0 Å². The fourth-order valence-corrected chi connectivity index (χ4v) is 3.13. The molecule has 1 aromatic carbocycles. The van der Waals surface area contributed by atoms with E-state index < -0.39 is 5.97 Å². The SMILES string of the molecule is O=C(O)c1csc(CCNC(=O)c2cc(Br)ccc2Br)n1. The molecule has 5 nitrogen and oxygen atoms in total. The summed E-state index contributed by atoms with van der Waals surface area (Å²) >= 11 is 7.92. The lowest BCUT2D eigenvalue weighted by Gasteiger charge is -2.06. The molecule has 2 aromatic rings. The predicted octanol–water partition coefficient (Wildman–Crippen LogP) is 3.34. The monoisotopic (exact) mass is 432 g/mol. The van der Waals surface area contributed by atoms with Crippen LogP contribution in [0.25, 0.3) is 0 Å². The van der Waals surface area contributed by atoms with Crippen molar-refractivity contribution in [1.29, 1.82) is 0 Å². The number of carboxylic acids is 1. The Morgan fingerprint density at radius 2 is 2.10 bits per heavy atom. The normalized spacial score (nSPS) is 10.4. The maximum Gasteiger partial charge on any atom is 0.355 e. The Kier molecular flexibility index (Phi) is 5.49. The topological polar surface area (TPSA) is 79.3 Å². The average molecular weight is 434 g/mol. The van der Waals surface area contributed by atoms with Gasteiger partial charge in [0.2, 0.25) is 0 Å². The zero-order valence-corrected chi connectivity index (χ0v) is 14.6. The van der Waals surface area contributed by atoms with Crippen LogP contribution in [0.3, 0.4) is 0 Å². The predicted molar refractivity (Wildman–Crippen MR) is 87.0 cm³/mol. The molecule has 0 aliphatic heterocycles. The molecule has 1 amide bonds. The fraction of sp³-hybridized carbons (Fsp3) is 0.154. The summed E-state index contributed by atoms with van der Waals surface area (Å²) in [5.74, 6) is -1.24. The van der Waals surface area contributed by atoms with Crippen LogP contribution >= 0.6 is 43.2 Å². The van der Waals surface area contributed by atoms with Crippen molar-refractivity contribution >= 4 is 55.1 Å². The van der Waals surface area contributed by atoms with Crippen LogP contribution in [0.1, 0.15) is 25.9 Å². The van der Waals surface area contributed by atoms with Gasteiger partial charge in [0.25, 0.3) is 5.91 Å². The van der Waals surface area contributed by atoms with E-state index in [0.29, 0.717) is 28.0 Å². The molecule has 0 unspecified atom stereocenters. The van der Waals surface area contributed by atoms with E-state index in [4.69, 9.17) is 5.11 Å². The molecule has 0 atom stereocenters. The Hall–Kier alpha value is -1.25. The molecule has 0 spiro atoms. The third kappa shape index (κ3) is 4.36. The van der Waals surface area contributed by atoms with Crippen LogP contribution in [0.5, 0.6) is 0 Å². The quantitative estimate of drug-likeness (QED) is 0.757. The number of carbonyl (C=O) groups is 2. The molecule has 0 aliphatic carbocycles. The number of carboxylic acid groups (broad SMARTS) is 1. The molecule has 0 bridgehead atoms. The largest absolute Gasteiger partial charge is 0.476 e. The summed E-state index contributed by atoms with van der Waals surface area (Å²) in [7, 11) is 0. The van der Waals surface area contributed by atoms with E-state index in [1.807, 2.05) is 6.07 Å². The van der Waals surface area contributed by atoms with Crippen molar-refractivity contribution < 1.29 is 14.7 Å². The van der Waals surface area contributed by atoms with Crippen LogP contribution in [-0.2, 0) is 6.42 Å². The number of carbonyl (C=O) groups excluding carboxylic acids is 1. The molecule has 8 heteroatoms. The number of nitrogens with one attached hydrogen (secondary N) is 1. The van der Waals surface area contributed by atoms with Crippen LogP contribution in [0.2, 0.25) is 0 Å². The molecule has 2 N–H and O–H groups in total. The first kappa shape index (κ1) is 16.1. The highest BCUT2D eigenvalue weighted by atomic mass is 79.9. The second kappa shape index (κ2) is 7.15. The zero-order chi connectivity index (χ0) is 15.4. The summed E-state index contributed by atoms with van der Waals surface area (Å²) in [5, 5.41) is 13.7. The number of hydrogen-bond donors (Lipinski definition) is 2. The third-order valence-electron chi connectivity index (χ3n) is 2.57. The van der Waals surface area contributed by atoms with Crippen molar-refractivity contribution in [2.75, 3.05) is 6.54 Å². The minimum Gasteiger partial charge on any atom is -0.476 e. The Morgan fingerprint density at radius 3 is 2.76 bits per heavy atom. The van der Waals surface area contributed by atoms with Crippen LogP contribution in [0.15, 0.2) is 32.5 Å². The van der Waals surface area contributed by atoms with E-state index in [-0.39, 0.29) is 11.6 Å². The highest BCUT2D eigenvalue weighted by Gasteiger charge is 2.11. The van der Waals surface area contributed by atoms with Gasteiger partial charge in [0, 0.05) is 27.3 Å². The van der Waals surface area contributed by atoms with Crippen molar-refractivity contribution in [3.63, 3.8) is 0 Å². The summed E-state index contributed by atoms with van der Waals surface area (Å²) in [6.07, 6.45) is 0.495. The van der Waals surface area contributed by atoms with Gasteiger partial charge in [-0.3, -0.25) is 4.79 Å². The molecule has 0 aliphatic rings. The van der Waals surface area contributed by atoms with Gasteiger partial charge in [-0.25, -0.2) is 9.78 Å². The van der Waals surface area contributed by atoms with Gasteiger partial charge >= 0.3 is 5.97 Å². The van der Waals surface area contributed by atoms with E-state index in [1.54, 1.807) is 12.1 Å². The summed E-state index contributed by atoms with van der Waals surface area (Å²) < 4.78 is 1.53. The molecule has 0 radical (unpaired) electrons. The van der Waals surface area contributed by atoms with Crippen molar-refractivity contribution in [3.05, 3.63) is 48.8 Å². The zero-order valence-electron chi connectivity index (χ0n) is 10.6. The van der Waals surface area contributed by atoms with Crippen LogP contribution in [0, 0.1) is 0 Å². The number of rotatable bonds is 5. The Bertz CT molecular complexity index is 688. The van der Waals surface area contributed by atoms with E-state index in [2.05, 4.69) is 42.2 Å². The minimum absolute atomic E-state index is 0.0380. The number of thiazole rings is 1. The lowest BCUT2D eigenvalue weighted by Crippen LogP contribution is -2.26. The highest BCUT2D eigenvalue weighted by Crippen LogP contribution is 2.21.